The van der Waals surface area contributed by atoms with Crippen molar-refractivity contribution in [2.24, 2.45) is 5.41 Å². The third-order valence-electron chi connectivity index (χ3n) is 6.70. The second-order valence-corrected chi connectivity index (χ2v) is 8.71. The lowest BCUT2D eigenvalue weighted by Gasteiger charge is -2.49. The fraction of sp³-hybridized carbons (Fsp3) is 0.619. The molecule has 1 spiro atoms. The monoisotopic (exact) mass is 387 g/mol. The zero-order chi connectivity index (χ0) is 20.0. The van der Waals surface area contributed by atoms with E-state index in [-0.39, 0.29) is 18.4 Å². The molecule has 1 aromatic carbocycles. The molecule has 0 unspecified atom stereocenters. The van der Waals surface area contributed by atoms with Gasteiger partial charge in [0.2, 0.25) is 5.91 Å². The lowest BCUT2D eigenvalue weighted by Crippen LogP contribution is -2.61. The minimum atomic E-state index is -0.472. The lowest BCUT2D eigenvalue weighted by molar-refractivity contribution is -0.149. The Balaban J connectivity index is 1.49. The van der Waals surface area contributed by atoms with Gasteiger partial charge in [-0.05, 0) is 56.5 Å². The van der Waals surface area contributed by atoms with E-state index in [4.69, 9.17) is 4.74 Å². The van der Waals surface area contributed by atoms with Gasteiger partial charge in [0, 0.05) is 26.2 Å². The number of hydrogen-bond donors (Lipinski definition) is 3. The van der Waals surface area contributed by atoms with Crippen LogP contribution >= 0.6 is 0 Å². The molecule has 1 aliphatic carbocycles. The van der Waals surface area contributed by atoms with Gasteiger partial charge in [0.15, 0.2) is 0 Å². The lowest BCUT2D eigenvalue weighted by atomic mass is 9.53. The van der Waals surface area contributed by atoms with Crippen LogP contribution < -0.4 is 10.6 Å². The highest BCUT2D eigenvalue weighted by Gasteiger charge is 2.77. The summed E-state index contributed by atoms with van der Waals surface area (Å²) >= 11 is 0. The predicted molar refractivity (Wildman–Crippen MR) is 104 cm³/mol. The normalized spacial score (nSPS) is 30.0. The molecule has 0 atom stereocenters. The van der Waals surface area contributed by atoms with Crippen molar-refractivity contribution in [2.75, 3.05) is 33.7 Å². The summed E-state index contributed by atoms with van der Waals surface area (Å²) < 4.78 is 6.62. The van der Waals surface area contributed by atoms with Crippen molar-refractivity contribution in [2.45, 2.75) is 43.5 Å². The number of carbonyl (C=O) groups excluding carboxylic acids is 2. The maximum Gasteiger partial charge on any atom is 0.251 e. The molecule has 3 heterocycles. The van der Waals surface area contributed by atoms with Gasteiger partial charge >= 0.3 is 0 Å². The SMILES string of the molecule is CN(C)C(=O)C12CC(CNC(=O)c3cccc(CO)c3)(C1)OC21CCNCC1. The van der Waals surface area contributed by atoms with E-state index in [9.17, 15) is 14.7 Å². The van der Waals surface area contributed by atoms with Gasteiger partial charge in [0.25, 0.3) is 5.91 Å². The van der Waals surface area contributed by atoms with Gasteiger partial charge in [-0.2, -0.15) is 0 Å². The molecule has 4 fully saturated rings. The highest BCUT2D eigenvalue weighted by molar-refractivity contribution is 5.94. The second kappa shape index (κ2) is 6.83. The van der Waals surface area contributed by atoms with Crippen molar-refractivity contribution < 1.29 is 19.4 Å². The number of rotatable bonds is 5. The summed E-state index contributed by atoms with van der Waals surface area (Å²) in [6.07, 6.45) is 2.96. The number of benzene rings is 1. The number of amides is 2. The molecular weight excluding hydrogens is 358 g/mol. The maximum absolute atomic E-state index is 13.1. The summed E-state index contributed by atoms with van der Waals surface area (Å²) in [6.45, 7) is 1.99. The van der Waals surface area contributed by atoms with Crippen LogP contribution in [0.4, 0.5) is 0 Å². The van der Waals surface area contributed by atoms with Crippen LogP contribution in [0.5, 0.6) is 0 Å². The number of ether oxygens (including phenoxy) is 1. The maximum atomic E-state index is 13.1. The molecule has 7 nitrogen and oxygen atoms in total. The van der Waals surface area contributed by atoms with Crippen molar-refractivity contribution in [1.29, 1.82) is 0 Å². The molecule has 152 valence electrons. The number of hydrogen-bond acceptors (Lipinski definition) is 5. The number of aliphatic hydroxyl groups is 1. The first-order chi connectivity index (χ1) is 13.4. The third kappa shape index (κ3) is 2.84. The van der Waals surface area contributed by atoms with E-state index in [1.807, 2.05) is 0 Å². The number of nitrogens with one attached hydrogen (secondary N) is 2. The molecule has 0 radical (unpaired) electrons. The average molecular weight is 387 g/mol. The van der Waals surface area contributed by atoms with Crippen molar-refractivity contribution in [1.82, 2.24) is 15.5 Å². The van der Waals surface area contributed by atoms with Crippen molar-refractivity contribution in [3.05, 3.63) is 35.4 Å². The predicted octanol–water partition coefficient (Wildman–Crippen LogP) is 0.668. The van der Waals surface area contributed by atoms with Crippen LogP contribution in [-0.4, -0.2) is 66.8 Å². The number of carbonyl (C=O) groups is 2. The molecule has 7 heteroatoms. The van der Waals surface area contributed by atoms with Gasteiger partial charge in [-0.15, -0.1) is 0 Å². The Morgan fingerprint density at radius 1 is 1.25 bits per heavy atom. The zero-order valence-corrected chi connectivity index (χ0v) is 16.6. The summed E-state index contributed by atoms with van der Waals surface area (Å²) in [6, 6.07) is 6.97. The molecule has 2 bridgehead atoms. The van der Waals surface area contributed by atoms with Crippen LogP contribution in [0.15, 0.2) is 24.3 Å². The van der Waals surface area contributed by atoms with E-state index < -0.39 is 16.6 Å². The zero-order valence-electron chi connectivity index (χ0n) is 16.6. The number of aliphatic hydroxyl groups excluding tert-OH is 1. The molecule has 3 N–H and O–H groups in total. The first-order valence-electron chi connectivity index (χ1n) is 9.96. The summed E-state index contributed by atoms with van der Waals surface area (Å²) in [7, 11) is 3.61. The Hall–Kier alpha value is -1.96. The first kappa shape index (κ1) is 19.4. The molecule has 5 rings (SSSR count). The summed E-state index contributed by atoms with van der Waals surface area (Å²) in [5, 5.41) is 15.6. The molecule has 1 aromatic rings. The van der Waals surface area contributed by atoms with Crippen LogP contribution in [0.3, 0.4) is 0 Å². The van der Waals surface area contributed by atoms with E-state index in [2.05, 4.69) is 10.6 Å². The molecule has 4 aliphatic rings. The third-order valence-corrected chi connectivity index (χ3v) is 6.70. The molecule has 0 aromatic heterocycles. The standard InChI is InChI=1S/C21H29N3O4/c1-24(2)18(27)20-12-19(13-20,28-21(20)6-8-22-9-7-21)14-23-17(26)16-5-3-4-15(10-16)11-25/h3-5,10,22,25H,6-9,11-14H2,1-2H3,(H,23,26). The Morgan fingerprint density at radius 2 is 1.96 bits per heavy atom. The fourth-order valence-corrected chi connectivity index (χ4v) is 5.46. The Bertz CT molecular complexity index is 780. The van der Waals surface area contributed by atoms with Crippen LogP contribution in [0.1, 0.15) is 41.6 Å². The molecular formula is C21H29N3O4. The van der Waals surface area contributed by atoms with Gasteiger partial charge in [0.1, 0.15) is 0 Å². The number of nitrogens with zero attached hydrogens (tertiary/aromatic N) is 1. The second-order valence-electron chi connectivity index (χ2n) is 8.71. The smallest absolute Gasteiger partial charge is 0.251 e. The van der Waals surface area contributed by atoms with E-state index in [1.165, 1.54) is 0 Å². The number of piperidine rings is 1. The first-order valence-corrected chi connectivity index (χ1v) is 9.96. The highest BCUT2D eigenvalue weighted by Crippen LogP contribution is 2.69. The van der Waals surface area contributed by atoms with Crippen molar-refractivity contribution in [3.63, 3.8) is 0 Å². The highest BCUT2D eigenvalue weighted by atomic mass is 16.5. The van der Waals surface area contributed by atoms with Gasteiger partial charge < -0.3 is 25.4 Å². The van der Waals surface area contributed by atoms with Crippen LogP contribution in [0.2, 0.25) is 0 Å². The average Bonchev–Trinajstić information content (AvgIpc) is 3.10. The van der Waals surface area contributed by atoms with Crippen molar-refractivity contribution in [3.8, 4) is 0 Å². The molecule has 1 saturated carbocycles. The van der Waals surface area contributed by atoms with E-state index in [0.717, 1.165) is 25.9 Å². The topological polar surface area (TPSA) is 90.9 Å². The van der Waals surface area contributed by atoms with E-state index in [0.29, 0.717) is 30.5 Å². The Labute approximate surface area is 165 Å². The molecule has 3 aliphatic heterocycles. The summed E-state index contributed by atoms with van der Waals surface area (Å²) in [4.78, 5) is 27.3. The summed E-state index contributed by atoms with van der Waals surface area (Å²) in [5.41, 5.74) is -0.141. The van der Waals surface area contributed by atoms with Gasteiger partial charge in [-0.1, -0.05) is 12.1 Å². The largest absolute Gasteiger partial charge is 0.392 e. The van der Waals surface area contributed by atoms with Gasteiger partial charge in [-0.25, -0.2) is 0 Å². The Kier molecular flexibility index (Phi) is 4.72. The van der Waals surface area contributed by atoms with Gasteiger partial charge in [-0.3, -0.25) is 9.59 Å². The molecule has 2 amide bonds. The van der Waals surface area contributed by atoms with Crippen molar-refractivity contribution >= 4 is 11.8 Å². The minimum absolute atomic E-state index is 0.0973. The molecule has 3 saturated heterocycles. The fourth-order valence-electron chi connectivity index (χ4n) is 5.46. The van der Waals surface area contributed by atoms with Crippen LogP contribution in [0, 0.1) is 5.41 Å². The van der Waals surface area contributed by atoms with Gasteiger partial charge in [0.05, 0.1) is 23.2 Å². The quantitative estimate of drug-likeness (QED) is 0.691. The molecule has 28 heavy (non-hydrogen) atoms. The van der Waals surface area contributed by atoms with E-state index >= 15 is 0 Å². The van der Waals surface area contributed by atoms with Crippen LogP contribution in [-0.2, 0) is 16.1 Å². The minimum Gasteiger partial charge on any atom is -0.392 e. The summed E-state index contributed by atoms with van der Waals surface area (Å²) in [5.74, 6) is -0.0412. The van der Waals surface area contributed by atoms with Crippen LogP contribution in [0.25, 0.3) is 0 Å². The Morgan fingerprint density at radius 3 is 2.61 bits per heavy atom. The van der Waals surface area contributed by atoms with E-state index in [1.54, 1.807) is 43.3 Å².